The molecule has 1 unspecified atom stereocenters. The van der Waals surface area contributed by atoms with Crippen LogP contribution in [0.2, 0.25) is 0 Å². The van der Waals surface area contributed by atoms with Crippen LogP contribution >= 0.6 is 0 Å². The third kappa shape index (κ3) is 3.38. The molecule has 0 radical (unpaired) electrons. The lowest BCUT2D eigenvalue weighted by Crippen LogP contribution is -2.44. The lowest BCUT2D eigenvalue weighted by molar-refractivity contribution is -0.0448. The van der Waals surface area contributed by atoms with E-state index in [0.717, 1.165) is 45.5 Å². The molecule has 2 fully saturated rings. The van der Waals surface area contributed by atoms with Gasteiger partial charge in [0.2, 0.25) is 5.95 Å². The molecule has 1 atom stereocenters. The summed E-state index contributed by atoms with van der Waals surface area (Å²) < 4.78 is 11.3. The number of rotatable bonds is 4. The van der Waals surface area contributed by atoms with Gasteiger partial charge >= 0.3 is 0 Å². The average Bonchev–Trinajstić information content (AvgIpc) is 3.22. The SMILES string of the molecule is c1cnc(NC2COC3(CCN(Cc4ccoc4)CC3)C2)nc1. The van der Waals surface area contributed by atoms with Gasteiger partial charge < -0.3 is 14.5 Å². The van der Waals surface area contributed by atoms with E-state index in [-0.39, 0.29) is 5.60 Å². The van der Waals surface area contributed by atoms with Crippen molar-refractivity contribution in [3.8, 4) is 0 Å². The van der Waals surface area contributed by atoms with Crippen LogP contribution in [0.25, 0.3) is 0 Å². The maximum atomic E-state index is 6.19. The van der Waals surface area contributed by atoms with Gasteiger partial charge in [0.05, 0.1) is 30.8 Å². The van der Waals surface area contributed by atoms with Gasteiger partial charge in [-0.1, -0.05) is 0 Å². The molecule has 6 heteroatoms. The van der Waals surface area contributed by atoms with E-state index < -0.39 is 0 Å². The van der Waals surface area contributed by atoms with Crippen molar-refractivity contribution < 1.29 is 9.15 Å². The first-order chi connectivity index (χ1) is 11.3. The third-order valence-corrected chi connectivity index (χ3v) is 4.86. The largest absolute Gasteiger partial charge is 0.472 e. The van der Waals surface area contributed by atoms with E-state index in [4.69, 9.17) is 9.15 Å². The summed E-state index contributed by atoms with van der Waals surface area (Å²) in [5, 5.41) is 3.39. The highest BCUT2D eigenvalue weighted by atomic mass is 16.5. The zero-order valence-electron chi connectivity index (χ0n) is 13.1. The van der Waals surface area contributed by atoms with Crippen molar-refractivity contribution in [1.82, 2.24) is 14.9 Å². The molecule has 0 amide bonds. The van der Waals surface area contributed by atoms with Crippen molar-refractivity contribution in [2.24, 2.45) is 0 Å². The molecule has 2 aliphatic heterocycles. The van der Waals surface area contributed by atoms with Gasteiger partial charge in [0, 0.05) is 37.6 Å². The Balaban J connectivity index is 1.29. The minimum atomic E-state index is 0.0271. The van der Waals surface area contributed by atoms with Crippen LogP contribution in [-0.2, 0) is 11.3 Å². The molecule has 6 nitrogen and oxygen atoms in total. The summed E-state index contributed by atoms with van der Waals surface area (Å²) in [5.74, 6) is 0.690. The van der Waals surface area contributed by atoms with Crippen LogP contribution in [0.3, 0.4) is 0 Å². The highest BCUT2D eigenvalue weighted by molar-refractivity contribution is 5.25. The number of nitrogens with zero attached hydrogens (tertiary/aromatic N) is 3. The number of aromatic nitrogens is 2. The second-order valence-corrected chi connectivity index (χ2v) is 6.52. The Morgan fingerprint density at radius 1 is 1.26 bits per heavy atom. The lowest BCUT2D eigenvalue weighted by Gasteiger charge is -2.38. The van der Waals surface area contributed by atoms with E-state index in [2.05, 4.69) is 20.2 Å². The molecule has 0 aliphatic carbocycles. The predicted octanol–water partition coefficient (Wildman–Crippen LogP) is 2.31. The standard InChI is InChI=1S/C17H22N4O2/c1-5-18-16(19-6-1)20-15-10-17(23-13-15)3-7-21(8-4-17)11-14-2-9-22-12-14/h1-2,5-6,9,12,15H,3-4,7-8,10-11,13H2,(H,18,19,20). The lowest BCUT2D eigenvalue weighted by atomic mass is 9.87. The van der Waals surface area contributed by atoms with E-state index in [0.29, 0.717) is 12.0 Å². The van der Waals surface area contributed by atoms with E-state index in [1.807, 2.05) is 18.4 Å². The minimum absolute atomic E-state index is 0.0271. The summed E-state index contributed by atoms with van der Waals surface area (Å²) in [6, 6.07) is 4.17. The number of nitrogens with one attached hydrogen (secondary N) is 1. The summed E-state index contributed by atoms with van der Waals surface area (Å²) >= 11 is 0. The molecule has 0 saturated carbocycles. The first kappa shape index (κ1) is 14.7. The predicted molar refractivity (Wildman–Crippen MR) is 86.0 cm³/mol. The number of ether oxygens (including phenoxy) is 1. The summed E-state index contributed by atoms with van der Waals surface area (Å²) in [6.45, 7) is 3.84. The van der Waals surface area contributed by atoms with Crippen molar-refractivity contribution in [3.63, 3.8) is 0 Å². The molecule has 4 rings (SSSR count). The average molecular weight is 314 g/mol. The fourth-order valence-corrected chi connectivity index (χ4v) is 3.60. The van der Waals surface area contributed by atoms with E-state index in [9.17, 15) is 0 Å². The Morgan fingerprint density at radius 2 is 2.09 bits per heavy atom. The maximum Gasteiger partial charge on any atom is 0.222 e. The molecule has 2 aliphatic rings. The fourth-order valence-electron chi connectivity index (χ4n) is 3.60. The number of furan rings is 1. The van der Waals surface area contributed by atoms with Gasteiger partial charge in [-0.15, -0.1) is 0 Å². The second kappa shape index (κ2) is 6.29. The van der Waals surface area contributed by atoms with Gasteiger partial charge in [-0.05, 0) is 31.4 Å². The number of hydrogen-bond donors (Lipinski definition) is 1. The van der Waals surface area contributed by atoms with Crippen LogP contribution in [-0.4, -0.2) is 46.2 Å². The smallest absolute Gasteiger partial charge is 0.222 e. The number of hydrogen-bond acceptors (Lipinski definition) is 6. The van der Waals surface area contributed by atoms with Crippen molar-refractivity contribution >= 4 is 5.95 Å². The Morgan fingerprint density at radius 3 is 2.83 bits per heavy atom. The van der Waals surface area contributed by atoms with Gasteiger partial charge in [0.25, 0.3) is 0 Å². The quantitative estimate of drug-likeness (QED) is 0.934. The normalized spacial score (nSPS) is 24.1. The molecular formula is C17H22N4O2. The maximum absolute atomic E-state index is 6.19. The Labute approximate surface area is 135 Å². The first-order valence-electron chi connectivity index (χ1n) is 8.22. The van der Waals surface area contributed by atoms with Crippen LogP contribution in [0.1, 0.15) is 24.8 Å². The molecule has 4 heterocycles. The molecule has 0 bridgehead atoms. The topological polar surface area (TPSA) is 63.4 Å². The monoisotopic (exact) mass is 314 g/mol. The molecule has 1 spiro atoms. The summed E-state index contributed by atoms with van der Waals surface area (Å²) in [5.41, 5.74) is 1.27. The van der Waals surface area contributed by atoms with Crippen molar-refractivity contribution in [2.45, 2.75) is 37.5 Å². The van der Waals surface area contributed by atoms with E-state index in [1.54, 1.807) is 18.7 Å². The van der Waals surface area contributed by atoms with E-state index in [1.165, 1.54) is 5.56 Å². The summed E-state index contributed by atoms with van der Waals surface area (Å²) in [4.78, 5) is 10.9. The minimum Gasteiger partial charge on any atom is -0.472 e. The van der Waals surface area contributed by atoms with Gasteiger partial charge in [-0.3, -0.25) is 4.90 Å². The second-order valence-electron chi connectivity index (χ2n) is 6.52. The Hall–Kier alpha value is -1.92. The summed E-state index contributed by atoms with van der Waals surface area (Å²) in [7, 11) is 0. The highest BCUT2D eigenvalue weighted by Gasteiger charge is 2.42. The van der Waals surface area contributed by atoms with Gasteiger partial charge in [0.1, 0.15) is 0 Å². The Kier molecular flexibility index (Phi) is 4.01. The van der Waals surface area contributed by atoms with Crippen LogP contribution in [0, 0.1) is 0 Å². The molecular weight excluding hydrogens is 292 g/mol. The Bertz CT molecular complexity index is 609. The van der Waals surface area contributed by atoms with Gasteiger partial charge in [-0.2, -0.15) is 0 Å². The molecule has 122 valence electrons. The molecule has 1 N–H and O–H groups in total. The molecule has 23 heavy (non-hydrogen) atoms. The van der Waals surface area contributed by atoms with Gasteiger partial charge in [-0.25, -0.2) is 9.97 Å². The van der Waals surface area contributed by atoms with Crippen LogP contribution in [0.5, 0.6) is 0 Å². The van der Waals surface area contributed by atoms with E-state index >= 15 is 0 Å². The van der Waals surface area contributed by atoms with Crippen molar-refractivity contribution in [2.75, 3.05) is 25.0 Å². The first-order valence-corrected chi connectivity index (χ1v) is 8.22. The van der Waals surface area contributed by atoms with Crippen LogP contribution < -0.4 is 5.32 Å². The zero-order chi connectivity index (χ0) is 15.5. The molecule has 2 aromatic rings. The molecule has 0 aromatic carbocycles. The van der Waals surface area contributed by atoms with Crippen molar-refractivity contribution in [3.05, 3.63) is 42.6 Å². The number of likely N-dealkylation sites (tertiary alicyclic amines) is 1. The van der Waals surface area contributed by atoms with Crippen LogP contribution in [0.15, 0.2) is 41.5 Å². The molecule has 2 saturated heterocycles. The highest BCUT2D eigenvalue weighted by Crippen LogP contribution is 2.37. The van der Waals surface area contributed by atoms with Crippen molar-refractivity contribution in [1.29, 1.82) is 0 Å². The molecule has 2 aromatic heterocycles. The van der Waals surface area contributed by atoms with Crippen LogP contribution in [0.4, 0.5) is 5.95 Å². The summed E-state index contributed by atoms with van der Waals surface area (Å²) in [6.07, 6.45) is 10.3. The fraction of sp³-hybridized carbons (Fsp3) is 0.529. The number of piperidine rings is 1. The zero-order valence-corrected chi connectivity index (χ0v) is 13.1. The third-order valence-electron chi connectivity index (χ3n) is 4.86. The van der Waals surface area contributed by atoms with Gasteiger partial charge in [0.15, 0.2) is 0 Å². The number of anilines is 1.